The number of ether oxygens (including phenoxy) is 1. The summed E-state index contributed by atoms with van der Waals surface area (Å²) >= 11 is 0. The Hall–Kier alpha value is -3.03. The fraction of sp³-hybridized carbons (Fsp3) is 0.375. The maximum absolute atomic E-state index is 12.8. The first-order valence-corrected chi connectivity index (χ1v) is 10.7. The molecule has 3 aromatic rings. The summed E-state index contributed by atoms with van der Waals surface area (Å²) < 4.78 is 7.11. The smallest absolute Gasteiger partial charge is 0.272 e. The van der Waals surface area contributed by atoms with Crippen LogP contribution in [-0.4, -0.2) is 46.7 Å². The van der Waals surface area contributed by atoms with Crippen LogP contribution in [0.5, 0.6) is 0 Å². The molecule has 0 bridgehead atoms. The third kappa shape index (κ3) is 4.68. The number of aromatic nitrogens is 2. The molecule has 31 heavy (non-hydrogen) atoms. The monoisotopic (exact) mass is 420 g/mol. The molecule has 1 amide bonds. The van der Waals surface area contributed by atoms with Gasteiger partial charge in [-0.25, -0.2) is 4.98 Å². The maximum Gasteiger partial charge on any atom is 0.272 e. The zero-order valence-electron chi connectivity index (χ0n) is 18.1. The van der Waals surface area contributed by atoms with E-state index >= 15 is 0 Å². The van der Waals surface area contributed by atoms with E-state index in [9.17, 15) is 9.59 Å². The number of benzene rings is 2. The molecule has 1 N–H and O–H groups in total. The molecule has 0 unspecified atom stereocenters. The molecule has 1 saturated heterocycles. The predicted molar refractivity (Wildman–Crippen MR) is 120 cm³/mol. The lowest BCUT2D eigenvalue weighted by Crippen LogP contribution is -2.36. The summed E-state index contributed by atoms with van der Waals surface area (Å²) in [7, 11) is 0. The molecule has 1 aliphatic heterocycles. The number of fused-ring (bicyclic) bond motifs is 1. The van der Waals surface area contributed by atoms with Gasteiger partial charge in [0.05, 0.1) is 24.2 Å². The number of carbonyl (C=O) groups excluding carboxylic acids is 1. The summed E-state index contributed by atoms with van der Waals surface area (Å²) in [5.41, 5.74) is 4.59. The van der Waals surface area contributed by atoms with Crippen LogP contribution in [0.4, 0.5) is 0 Å². The Morgan fingerprint density at radius 3 is 2.61 bits per heavy atom. The number of rotatable bonds is 6. The molecule has 0 aliphatic carbocycles. The van der Waals surface area contributed by atoms with Crippen molar-refractivity contribution in [2.24, 2.45) is 0 Å². The Morgan fingerprint density at radius 2 is 1.87 bits per heavy atom. The van der Waals surface area contributed by atoms with Crippen LogP contribution >= 0.6 is 0 Å². The lowest BCUT2D eigenvalue weighted by atomic mass is 10.1. The molecule has 7 heteroatoms. The van der Waals surface area contributed by atoms with Crippen molar-refractivity contribution in [1.29, 1.82) is 0 Å². The van der Waals surface area contributed by atoms with Gasteiger partial charge in [0.1, 0.15) is 5.69 Å². The van der Waals surface area contributed by atoms with Gasteiger partial charge in [0.15, 0.2) is 0 Å². The molecule has 1 fully saturated rings. The lowest BCUT2D eigenvalue weighted by molar-refractivity contribution is 0.0340. The summed E-state index contributed by atoms with van der Waals surface area (Å²) in [6.07, 6.45) is 0. The quantitative estimate of drug-likeness (QED) is 0.663. The van der Waals surface area contributed by atoms with Crippen LogP contribution in [0.2, 0.25) is 0 Å². The van der Waals surface area contributed by atoms with Crippen molar-refractivity contribution in [2.75, 3.05) is 26.3 Å². The standard InChI is InChI=1S/C24H28N4O3/c1-3-28-22-9-8-18(14-21(22)26-17(2)24(28)30)23(29)25-15-19-6-4-5-7-20(19)16-27-10-12-31-13-11-27/h4-9,14H,3,10-13,15-16H2,1-2H3,(H,25,29). The molecule has 7 nitrogen and oxygen atoms in total. The SMILES string of the molecule is CCn1c(=O)c(C)nc2cc(C(=O)NCc3ccccc3CN3CCOCC3)ccc21. The summed E-state index contributed by atoms with van der Waals surface area (Å²) in [5, 5.41) is 3.03. The largest absolute Gasteiger partial charge is 0.379 e. The fourth-order valence-electron chi connectivity index (χ4n) is 3.99. The maximum atomic E-state index is 12.8. The minimum absolute atomic E-state index is 0.0934. The Kier molecular flexibility index (Phi) is 6.44. The van der Waals surface area contributed by atoms with E-state index in [0.717, 1.165) is 43.9 Å². The van der Waals surface area contributed by atoms with Crippen LogP contribution in [0.25, 0.3) is 11.0 Å². The highest BCUT2D eigenvalue weighted by atomic mass is 16.5. The van der Waals surface area contributed by atoms with Crippen LogP contribution in [0.15, 0.2) is 47.3 Å². The van der Waals surface area contributed by atoms with Gasteiger partial charge in [-0.2, -0.15) is 0 Å². The zero-order chi connectivity index (χ0) is 21.8. The van der Waals surface area contributed by atoms with Crippen molar-refractivity contribution >= 4 is 16.9 Å². The number of morpholine rings is 1. The van der Waals surface area contributed by atoms with Gasteiger partial charge in [0.2, 0.25) is 0 Å². The Balaban J connectivity index is 1.50. The van der Waals surface area contributed by atoms with Crippen molar-refractivity contribution in [3.05, 3.63) is 75.2 Å². The zero-order valence-corrected chi connectivity index (χ0v) is 18.1. The van der Waals surface area contributed by atoms with Crippen molar-refractivity contribution in [3.8, 4) is 0 Å². The first-order chi connectivity index (χ1) is 15.1. The number of nitrogens with one attached hydrogen (secondary N) is 1. The highest BCUT2D eigenvalue weighted by Crippen LogP contribution is 2.15. The molecule has 0 spiro atoms. The molecular weight excluding hydrogens is 392 g/mol. The minimum atomic E-state index is -0.156. The second kappa shape index (κ2) is 9.41. The fourth-order valence-corrected chi connectivity index (χ4v) is 3.99. The van der Waals surface area contributed by atoms with Crippen LogP contribution < -0.4 is 10.9 Å². The first-order valence-electron chi connectivity index (χ1n) is 10.7. The Bertz CT molecular complexity index is 1150. The van der Waals surface area contributed by atoms with Gasteiger partial charge in [0, 0.05) is 38.3 Å². The highest BCUT2D eigenvalue weighted by molar-refractivity contribution is 5.97. The number of hydrogen-bond donors (Lipinski definition) is 1. The van der Waals surface area contributed by atoms with Crippen molar-refractivity contribution < 1.29 is 9.53 Å². The van der Waals surface area contributed by atoms with Gasteiger partial charge in [-0.1, -0.05) is 24.3 Å². The molecule has 0 atom stereocenters. The second-order valence-corrected chi connectivity index (χ2v) is 7.79. The summed E-state index contributed by atoms with van der Waals surface area (Å²) in [6, 6.07) is 13.5. The van der Waals surface area contributed by atoms with Crippen LogP contribution in [0, 0.1) is 6.92 Å². The number of hydrogen-bond acceptors (Lipinski definition) is 5. The summed E-state index contributed by atoms with van der Waals surface area (Å²) in [6.45, 7) is 8.87. The van der Waals surface area contributed by atoms with E-state index < -0.39 is 0 Å². The van der Waals surface area contributed by atoms with Crippen molar-refractivity contribution in [3.63, 3.8) is 0 Å². The minimum Gasteiger partial charge on any atom is -0.379 e. The topological polar surface area (TPSA) is 76.5 Å². The molecule has 1 aromatic heterocycles. The van der Waals surface area contributed by atoms with E-state index in [1.165, 1.54) is 5.56 Å². The number of carbonyl (C=O) groups is 1. The molecule has 0 saturated carbocycles. The van der Waals surface area contributed by atoms with E-state index in [2.05, 4.69) is 27.3 Å². The first kappa shape index (κ1) is 21.2. The third-order valence-electron chi connectivity index (χ3n) is 5.74. The molecule has 2 aromatic carbocycles. The highest BCUT2D eigenvalue weighted by Gasteiger charge is 2.14. The van der Waals surface area contributed by atoms with Gasteiger partial charge in [0.25, 0.3) is 11.5 Å². The summed E-state index contributed by atoms with van der Waals surface area (Å²) in [4.78, 5) is 31.9. The van der Waals surface area contributed by atoms with Gasteiger partial charge in [-0.3, -0.25) is 14.5 Å². The van der Waals surface area contributed by atoms with Crippen LogP contribution in [0.3, 0.4) is 0 Å². The second-order valence-electron chi connectivity index (χ2n) is 7.79. The van der Waals surface area contributed by atoms with E-state index in [1.807, 2.05) is 19.1 Å². The van der Waals surface area contributed by atoms with Crippen LogP contribution in [-0.2, 0) is 24.4 Å². The van der Waals surface area contributed by atoms with E-state index in [4.69, 9.17) is 4.74 Å². The number of amides is 1. The Morgan fingerprint density at radius 1 is 1.13 bits per heavy atom. The number of nitrogens with zero attached hydrogens (tertiary/aromatic N) is 3. The van der Waals surface area contributed by atoms with Gasteiger partial charge >= 0.3 is 0 Å². The van der Waals surface area contributed by atoms with E-state index in [0.29, 0.717) is 29.9 Å². The predicted octanol–water partition coefficient (Wildman–Crippen LogP) is 2.49. The normalized spacial score (nSPS) is 14.6. The van der Waals surface area contributed by atoms with E-state index in [1.54, 1.807) is 29.7 Å². The molecule has 1 aliphatic rings. The molecular formula is C24H28N4O3. The third-order valence-corrected chi connectivity index (χ3v) is 5.74. The molecule has 2 heterocycles. The molecule has 0 radical (unpaired) electrons. The van der Waals surface area contributed by atoms with E-state index in [-0.39, 0.29) is 11.5 Å². The van der Waals surface area contributed by atoms with Gasteiger partial charge in [-0.15, -0.1) is 0 Å². The molecule has 4 rings (SSSR count). The average molecular weight is 421 g/mol. The number of aryl methyl sites for hydroxylation is 2. The molecule has 162 valence electrons. The summed E-state index contributed by atoms with van der Waals surface area (Å²) in [5.74, 6) is -0.156. The lowest BCUT2D eigenvalue weighted by Gasteiger charge is -2.27. The average Bonchev–Trinajstić information content (AvgIpc) is 2.79. The van der Waals surface area contributed by atoms with Crippen molar-refractivity contribution in [1.82, 2.24) is 19.8 Å². The van der Waals surface area contributed by atoms with Crippen LogP contribution in [0.1, 0.15) is 34.1 Å². The Labute approximate surface area is 181 Å². The van der Waals surface area contributed by atoms with Gasteiger partial charge in [-0.05, 0) is 43.2 Å². The van der Waals surface area contributed by atoms with Gasteiger partial charge < -0.3 is 14.6 Å². The van der Waals surface area contributed by atoms with Crippen molar-refractivity contribution in [2.45, 2.75) is 33.5 Å².